The van der Waals surface area contributed by atoms with Gasteiger partial charge in [0.05, 0.1) is 11.2 Å². The zero-order valence-electron chi connectivity index (χ0n) is 14.0. The highest BCUT2D eigenvalue weighted by Crippen LogP contribution is 2.33. The summed E-state index contributed by atoms with van der Waals surface area (Å²) in [5.74, 6) is 0.959. The fourth-order valence-electron chi connectivity index (χ4n) is 3.48. The van der Waals surface area contributed by atoms with Gasteiger partial charge in [0.25, 0.3) is 0 Å². The highest BCUT2D eigenvalue weighted by Gasteiger charge is 2.21. The third kappa shape index (κ3) is 3.24. The van der Waals surface area contributed by atoms with E-state index in [1.165, 1.54) is 6.07 Å². The van der Waals surface area contributed by atoms with Gasteiger partial charge < -0.3 is 5.32 Å². The largest absolute Gasteiger partial charge is 0.317 e. The van der Waals surface area contributed by atoms with Gasteiger partial charge in [0.1, 0.15) is 11.6 Å². The maximum absolute atomic E-state index is 13.5. The predicted octanol–water partition coefficient (Wildman–Crippen LogP) is 4.86. The van der Waals surface area contributed by atoms with Crippen molar-refractivity contribution in [1.82, 2.24) is 15.3 Å². The monoisotopic (exact) mass is 355 g/mol. The standard InChI is InChI=1S/C20H19ClFN3/c1-12-10-15(22)3-5-16(12)19-17-4-2-14(21)11-18(17)24-20(25-19)13-6-8-23-9-7-13/h2-5,10-11,13,23H,6-9H2,1H3. The van der Waals surface area contributed by atoms with Crippen LogP contribution in [0.3, 0.4) is 0 Å². The van der Waals surface area contributed by atoms with Crippen LogP contribution >= 0.6 is 11.6 Å². The van der Waals surface area contributed by atoms with E-state index in [1.54, 1.807) is 12.1 Å². The number of hydrogen-bond acceptors (Lipinski definition) is 3. The van der Waals surface area contributed by atoms with Gasteiger partial charge in [0.2, 0.25) is 0 Å². The second-order valence-electron chi connectivity index (χ2n) is 6.58. The summed E-state index contributed by atoms with van der Waals surface area (Å²) >= 11 is 6.19. The number of hydrogen-bond donors (Lipinski definition) is 1. The number of rotatable bonds is 2. The Morgan fingerprint density at radius 1 is 1.08 bits per heavy atom. The molecule has 0 atom stereocenters. The molecule has 2 aromatic carbocycles. The molecule has 25 heavy (non-hydrogen) atoms. The molecule has 2 heterocycles. The van der Waals surface area contributed by atoms with E-state index >= 15 is 0 Å². The summed E-state index contributed by atoms with van der Waals surface area (Å²) in [6, 6.07) is 10.5. The van der Waals surface area contributed by atoms with E-state index in [4.69, 9.17) is 21.6 Å². The molecule has 0 radical (unpaired) electrons. The van der Waals surface area contributed by atoms with Gasteiger partial charge in [-0.3, -0.25) is 0 Å². The summed E-state index contributed by atoms with van der Waals surface area (Å²) in [6.45, 7) is 3.87. The Hall–Kier alpha value is -2.04. The van der Waals surface area contributed by atoms with Crippen LogP contribution in [0, 0.1) is 12.7 Å². The SMILES string of the molecule is Cc1cc(F)ccc1-c1nc(C2CCNCC2)nc2cc(Cl)ccc12. The van der Waals surface area contributed by atoms with Crippen molar-refractivity contribution in [3.63, 3.8) is 0 Å². The molecule has 0 bridgehead atoms. The predicted molar refractivity (Wildman–Crippen MR) is 99.5 cm³/mol. The second kappa shape index (κ2) is 6.70. The molecule has 1 saturated heterocycles. The smallest absolute Gasteiger partial charge is 0.132 e. The third-order valence-electron chi connectivity index (χ3n) is 4.82. The number of aryl methyl sites for hydroxylation is 1. The Bertz CT molecular complexity index is 936. The van der Waals surface area contributed by atoms with Crippen LogP contribution in [-0.2, 0) is 0 Å². The fraction of sp³-hybridized carbons (Fsp3) is 0.300. The zero-order valence-corrected chi connectivity index (χ0v) is 14.8. The second-order valence-corrected chi connectivity index (χ2v) is 7.01. The average Bonchev–Trinajstić information content (AvgIpc) is 2.61. The average molecular weight is 356 g/mol. The van der Waals surface area contributed by atoms with Gasteiger partial charge in [-0.1, -0.05) is 11.6 Å². The minimum atomic E-state index is -0.235. The lowest BCUT2D eigenvalue weighted by molar-refractivity contribution is 0.446. The van der Waals surface area contributed by atoms with E-state index in [-0.39, 0.29) is 5.82 Å². The van der Waals surface area contributed by atoms with Gasteiger partial charge in [0, 0.05) is 21.9 Å². The van der Waals surface area contributed by atoms with Gasteiger partial charge in [-0.25, -0.2) is 14.4 Å². The van der Waals surface area contributed by atoms with Crippen molar-refractivity contribution >= 4 is 22.5 Å². The van der Waals surface area contributed by atoms with E-state index in [0.29, 0.717) is 10.9 Å². The first-order valence-corrected chi connectivity index (χ1v) is 8.94. The van der Waals surface area contributed by atoms with Crippen molar-refractivity contribution < 1.29 is 4.39 Å². The fourth-order valence-corrected chi connectivity index (χ4v) is 3.65. The van der Waals surface area contributed by atoms with Gasteiger partial charge in [0.15, 0.2) is 0 Å². The molecule has 3 nitrogen and oxygen atoms in total. The number of fused-ring (bicyclic) bond motifs is 1. The Labute approximate surface area is 151 Å². The lowest BCUT2D eigenvalue weighted by atomic mass is 9.96. The molecule has 0 aliphatic carbocycles. The van der Waals surface area contributed by atoms with Crippen molar-refractivity contribution in [1.29, 1.82) is 0 Å². The molecular formula is C20H19ClFN3. The van der Waals surface area contributed by atoms with E-state index in [0.717, 1.165) is 59.5 Å². The topological polar surface area (TPSA) is 37.8 Å². The first-order chi connectivity index (χ1) is 12.1. The summed E-state index contributed by atoms with van der Waals surface area (Å²) in [4.78, 5) is 9.71. The number of nitrogens with zero attached hydrogens (tertiary/aromatic N) is 2. The molecule has 5 heteroatoms. The van der Waals surface area contributed by atoms with E-state index in [2.05, 4.69) is 5.32 Å². The van der Waals surface area contributed by atoms with Crippen LogP contribution in [0.4, 0.5) is 4.39 Å². The molecule has 1 fully saturated rings. The summed E-state index contributed by atoms with van der Waals surface area (Å²) in [5.41, 5.74) is 3.50. The molecule has 0 unspecified atom stereocenters. The van der Waals surface area contributed by atoms with Crippen LogP contribution in [0.15, 0.2) is 36.4 Å². The van der Waals surface area contributed by atoms with Crippen LogP contribution in [-0.4, -0.2) is 23.1 Å². The number of nitrogens with one attached hydrogen (secondary N) is 1. The number of aromatic nitrogens is 2. The number of benzene rings is 2. The quantitative estimate of drug-likeness (QED) is 0.713. The summed E-state index contributed by atoms with van der Waals surface area (Å²) in [7, 11) is 0. The summed E-state index contributed by atoms with van der Waals surface area (Å²) in [6.07, 6.45) is 2.04. The minimum Gasteiger partial charge on any atom is -0.317 e. The van der Waals surface area contributed by atoms with Crippen LogP contribution in [0.25, 0.3) is 22.2 Å². The van der Waals surface area contributed by atoms with Gasteiger partial charge in [-0.05, 0) is 74.8 Å². The van der Waals surface area contributed by atoms with E-state index < -0.39 is 0 Å². The Kier molecular flexibility index (Phi) is 4.40. The van der Waals surface area contributed by atoms with Crippen LogP contribution in [0.5, 0.6) is 0 Å². The maximum atomic E-state index is 13.5. The molecule has 0 saturated carbocycles. The van der Waals surface area contributed by atoms with Crippen molar-refractivity contribution in [2.75, 3.05) is 13.1 Å². The molecule has 0 spiro atoms. The van der Waals surface area contributed by atoms with E-state index in [9.17, 15) is 4.39 Å². The number of halogens is 2. The minimum absolute atomic E-state index is 0.235. The van der Waals surface area contributed by atoms with Crippen molar-refractivity contribution in [3.8, 4) is 11.3 Å². The highest BCUT2D eigenvalue weighted by atomic mass is 35.5. The van der Waals surface area contributed by atoms with Crippen LogP contribution in [0.2, 0.25) is 5.02 Å². The zero-order chi connectivity index (χ0) is 17.4. The Morgan fingerprint density at radius 3 is 2.64 bits per heavy atom. The van der Waals surface area contributed by atoms with Crippen molar-refractivity contribution in [2.24, 2.45) is 0 Å². The molecule has 4 rings (SSSR count). The van der Waals surface area contributed by atoms with Crippen molar-refractivity contribution in [3.05, 3.63) is 58.6 Å². The molecule has 1 aliphatic heterocycles. The molecule has 1 aromatic heterocycles. The highest BCUT2D eigenvalue weighted by molar-refractivity contribution is 6.31. The summed E-state index contributed by atoms with van der Waals surface area (Å²) < 4.78 is 13.5. The normalized spacial score (nSPS) is 15.6. The van der Waals surface area contributed by atoms with E-state index in [1.807, 2.05) is 25.1 Å². The Balaban J connectivity index is 1.94. The van der Waals surface area contributed by atoms with Gasteiger partial charge in [-0.15, -0.1) is 0 Å². The van der Waals surface area contributed by atoms with Crippen LogP contribution < -0.4 is 5.32 Å². The Morgan fingerprint density at radius 2 is 1.88 bits per heavy atom. The molecule has 1 N–H and O–H groups in total. The lowest BCUT2D eigenvalue weighted by Gasteiger charge is -2.22. The third-order valence-corrected chi connectivity index (χ3v) is 5.06. The number of piperidine rings is 1. The molecule has 1 aliphatic rings. The van der Waals surface area contributed by atoms with Crippen molar-refractivity contribution in [2.45, 2.75) is 25.7 Å². The molecule has 0 amide bonds. The van der Waals surface area contributed by atoms with Gasteiger partial charge >= 0.3 is 0 Å². The van der Waals surface area contributed by atoms with Crippen LogP contribution in [0.1, 0.15) is 30.1 Å². The molecular weight excluding hydrogens is 337 g/mol. The van der Waals surface area contributed by atoms with Gasteiger partial charge in [-0.2, -0.15) is 0 Å². The maximum Gasteiger partial charge on any atom is 0.132 e. The molecule has 3 aromatic rings. The summed E-state index contributed by atoms with van der Waals surface area (Å²) in [5, 5.41) is 4.97. The lowest BCUT2D eigenvalue weighted by Crippen LogP contribution is -2.27. The molecule has 128 valence electrons. The first kappa shape index (κ1) is 16.4. The first-order valence-electron chi connectivity index (χ1n) is 8.56.